The third-order valence-corrected chi connectivity index (χ3v) is 6.81. The molecule has 0 saturated heterocycles. The number of nitrogens with zero attached hydrogens (tertiary/aromatic N) is 1. The van der Waals surface area contributed by atoms with Crippen LogP contribution in [0.1, 0.15) is 26.3 Å². The van der Waals surface area contributed by atoms with Crippen molar-refractivity contribution < 1.29 is 27.1 Å². The van der Waals surface area contributed by atoms with Gasteiger partial charge in [0, 0.05) is 12.1 Å². The lowest BCUT2D eigenvalue weighted by Crippen LogP contribution is -2.29. The molecule has 3 aromatic carbocycles. The third kappa shape index (κ3) is 4.20. The molecular formula is C23H18FNO5S. The molecule has 6 nitrogen and oxygen atoms in total. The molecule has 1 aliphatic rings. The molecule has 3 aromatic rings. The van der Waals surface area contributed by atoms with Gasteiger partial charge in [0.15, 0.2) is 12.4 Å². The zero-order chi connectivity index (χ0) is 22.0. The monoisotopic (exact) mass is 439 g/mol. The lowest BCUT2D eigenvalue weighted by molar-refractivity contribution is 0.0474. The predicted octanol–water partition coefficient (Wildman–Crippen LogP) is 3.62. The van der Waals surface area contributed by atoms with Crippen molar-refractivity contribution in [1.29, 1.82) is 0 Å². The second kappa shape index (κ2) is 8.31. The zero-order valence-electron chi connectivity index (χ0n) is 16.3. The number of rotatable bonds is 6. The molecule has 0 spiro atoms. The van der Waals surface area contributed by atoms with Gasteiger partial charge in [-0.2, -0.15) is 0 Å². The van der Waals surface area contributed by atoms with Crippen LogP contribution in [-0.4, -0.2) is 33.3 Å². The van der Waals surface area contributed by atoms with Crippen molar-refractivity contribution in [3.8, 4) is 0 Å². The Morgan fingerprint density at radius 1 is 0.935 bits per heavy atom. The van der Waals surface area contributed by atoms with Crippen LogP contribution < -0.4 is 4.31 Å². The lowest BCUT2D eigenvalue weighted by Gasteiger charge is -2.19. The minimum atomic E-state index is -3.86. The van der Waals surface area contributed by atoms with E-state index in [1.165, 1.54) is 40.7 Å². The van der Waals surface area contributed by atoms with E-state index < -0.39 is 34.2 Å². The summed E-state index contributed by atoms with van der Waals surface area (Å²) in [5.74, 6) is -1.80. The molecule has 31 heavy (non-hydrogen) atoms. The molecule has 0 N–H and O–H groups in total. The normalized spacial score (nSPS) is 13.0. The molecule has 0 aromatic heterocycles. The topological polar surface area (TPSA) is 80.8 Å². The van der Waals surface area contributed by atoms with Gasteiger partial charge in [0.2, 0.25) is 0 Å². The van der Waals surface area contributed by atoms with E-state index in [4.69, 9.17) is 4.74 Å². The van der Waals surface area contributed by atoms with Crippen LogP contribution in [0, 0.1) is 5.82 Å². The molecular weight excluding hydrogens is 421 g/mol. The van der Waals surface area contributed by atoms with Gasteiger partial charge in [0.25, 0.3) is 10.0 Å². The van der Waals surface area contributed by atoms with E-state index in [2.05, 4.69) is 0 Å². The molecule has 1 aliphatic heterocycles. The number of fused-ring (bicyclic) bond motifs is 1. The van der Waals surface area contributed by atoms with Gasteiger partial charge < -0.3 is 4.74 Å². The van der Waals surface area contributed by atoms with E-state index in [1.807, 2.05) is 12.1 Å². The molecule has 0 amide bonds. The quantitative estimate of drug-likeness (QED) is 0.433. The number of hydrogen-bond donors (Lipinski definition) is 0. The SMILES string of the molecule is O=C(COC(=O)c1cccc(S(=O)(=O)N2CCc3ccccc32)c1)c1ccc(F)cc1. The number of carbonyl (C=O) groups excluding carboxylic acids is 2. The third-order valence-electron chi connectivity index (χ3n) is 5.00. The maximum Gasteiger partial charge on any atom is 0.338 e. The fraction of sp³-hybridized carbons (Fsp3) is 0.130. The zero-order valence-corrected chi connectivity index (χ0v) is 17.1. The first-order valence-electron chi connectivity index (χ1n) is 9.53. The number of carbonyl (C=O) groups is 2. The van der Waals surface area contributed by atoms with Crippen LogP contribution in [0.2, 0.25) is 0 Å². The van der Waals surface area contributed by atoms with Crippen molar-refractivity contribution in [3.63, 3.8) is 0 Å². The van der Waals surface area contributed by atoms with E-state index in [0.29, 0.717) is 18.7 Å². The number of ether oxygens (including phenoxy) is 1. The summed E-state index contributed by atoms with van der Waals surface area (Å²) in [5, 5.41) is 0. The molecule has 158 valence electrons. The summed E-state index contributed by atoms with van der Waals surface area (Å²) < 4.78 is 45.6. The molecule has 0 radical (unpaired) electrons. The van der Waals surface area contributed by atoms with Crippen LogP contribution >= 0.6 is 0 Å². The van der Waals surface area contributed by atoms with Gasteiger partial charge in [-0.15, -0.1) is 0 Å². The Morgan fingerprint density at radius 2 is 1.68 bits per heavy atom. The molecule has 0 fully saturated rings. The summed E-state index contributed by atoms with van der Waals surface area (Å²) in [6, 6.07) is 17.7. The van der Waals surface area contributed by atoms with Crippen LogP contribution in [0.15, 0.2) is 77.7 Å². The highest BCUT2D eigenvalue weighted by molar-refractivity contribution is 7.92. The number of esters is 1. The summed E-state index contributed by atoms with van der Waals surface area (Å²) in [6.07, 6.45) is 0.614. The number of halogens is 1. The van der Waals surface area contributed by atoms with Crippen molar-refractivity contribution in [1.82, 2.24) is 0 Å². The summed E-state index contributed by atoms with van der Waals surface area (Å²) in [5.41, 5.74) is 1.79. The van der Waals surface area contributed by atoms with Crippen molar-refractivity contribution in [2.75, 3.05) is 17.5 Å². The number of Topliss-reactive ketones (excluding diaryl/α,β-unsaturated/α-hetero) is 1. The minimum Gasteiger partial charge on any atom is -0.454 e. The predicted molar refractivity (Wildman–Crippen MR) is 112 cm³/mol. The van der Waals surface area contributed by atoms with Crippen LogP contribution in [0.25, 0.3) is 0 Å². The van der Waals surface area contributed by atoms with Crippen molar-refractivity contribution in [3.05, 3.63) is 95.3 Å². The lowest BCUT2D eigenvalue weighted by atomic mass is 10.1. The van der Waals surface area contributed by atoms with E-state index >= 15 is 0 Å². The highest BCUT2D eigenvalue weighted by atomic mass is 32.2. The first kappa shape index (κ1) is 20.7. The summed E-state index contributed by atoms with van der Waals surface area (Å²) in [6.45, 7) is -0.219. The first-order valence-corrected chi connectivity index (χ1v) is 11.0. The fourth-order valence-corrected chi connectivity index (χ4v) is 4.95. The highest BCUT2D eigenvalue weighted by Gasteiger charge is 2.31. The average molecular weight is 439 g/mol. The highest BCUT2D eigenvalue weighted by Crippen LogP contribution is 2.32. The Labute approximate surface area is 178 Å². The number of ketones is 1. The van der Waals surface area contributed by atoms with E-state index in [9.17, 15) is 22.4 Å². The Kier molecular flexibility index (Phi) is 5.56. The van der Waals surface area contributed by atoms with Gasteiger partial charge in [-0.25, -0.2) is 17.6 Å². The first-order chi connectivity index (χ1) is 14.9. The Balaban J connectivity index is 1.49. The molecule has 0 saturated carbocycles. The number of anilines is 1. The maximum absolute atomic E-state index is 13.1. The Hall–Kier alpha value is -3.52. The van der Waals surface area contributed by atoms with Crippen LogP contribution in [0.4, 0.5) is 10.1 Å². The van der Waals surface area contributed by atoms with Crippen LogP contribution in [-0.2, 0) is 21.2 Å². The largest absolute Gasteiger partial charge is 0.454 e. The van der Waals surface area contributed by atoms with Gasteiger partial charge in [-0.05, 0) is 60.5 Å². The van der Waals surface area contributed by atoms with Gasteiger partial charge in [0.1, 0.15) is 5.82 Å². The second-order valence-corrected chi connectivity index (χ2v) is 8.85. The number of benzene rings is 3. The molecule has 0 unspecified atom stereocenters. The molecule has 8 heteroatoms. The van der Waals surface area contributed by atoms with Crippen molar-refractivity contribution in [2.45, 2.75) is 11.3 Å². The Bertz CT molecular complexity index is 1250. The Morgan fingerprint density at radius 3 is 2.45 bits per heavy atom. The van der Waals surface area contributed by atoms with E-state index in [-0.39, 0.29) is 16.0 Å². The van der Waals surface area contributed by atoms with Gasteiger partial charge in [-0.3, -0.25) is 9.10 Å². The van der Waals surface area contributed by atoms with Crippen molar-refractivity contribution >= 4 is 27.5 Å². The van der Waals surface area contributed by atoms with Crippen LogP contribution in [0.3, 0.4) is 0 Å². The smallest absolute Gasteiger partial charge is 0.338 e. The molecule has 0 aliphatic carbocycles. The van der Waals surface area contributed by atoms with E-state index in [0.717, 1.165) is 17.7 Å². The van der Waals surface area contributed by atoms with Gasteiger partial charge in [0.05, 0.1) is 16.1 Å². The summed E-state index contributed by atoms with van der Waals surface area (Å²) in [7, 11) is -3.86. The van der Waals surface area contributed by atoms with Gasteiger partial charge >= 0.3 is 5.97 Å². The number of para-hydroxylation sites is 1. The number of sulfonamides is 1. The second-order valence-electron chi connectivity index (χ2n) is 6.99. The maximum atomic E-state index is 13.1. The minimum absolute atomic E-state index is 0.0143. The standard InChI is InChI=1S/C23H18FNO5S/c24-19-10-8-17(9-11-19)22(26)15-30-23(27)18-5-3-6-20(14-18)31(28,29)25-13-12-16-4-1-2-7-21(16)25/h1-11,14H,12-13,15H2. The molecule has 4 rings (SSSR count). The van der Waals surface area contributed by atoms with Gasteiger partial charge in [-0.1, -0.05) is 24.3 Å². The van der Waals surface area contributed by atoms with Crippen LogP contribution in [0.5, 0.6) is 0 Å². The molecule has 1 heterocycles. The molecule has 0 bridgehead atoms. The number of hydrogen-bond acceptors (Lipinski definition) is 5. The fourth-order valence-electron chi connectivity index (χ4n) is 3.40. The van der Waals surface area contributed by atoms with E-state index in [1.54, 1.807) is 12.1 Å². The molecule has 0 atom stereocenters. The average Bonchev–Trinajstić information content (AvgIpc) is 3.23. The summed E-state index contributed by atoms with van der Waals surface area (Å²) in [4.78, 5) is 24.5. The van der Waals surface area contributed by atoms with Crippen molar-refractivity contribution in [2.24, 2.45) is 0 Å². The summed E-state index contributed by atoms with van der Waals surface area (Å²) >= 11 is 0.